The molecule has 3 fully saturated rings. The van der Waals surface area contributed by atoms with Gasteiger partial charge in [0, 0.05) is 25.6 Å². The molecule has 0 radical (unpaired) electrons. The number of carbonyl (C=O) groups excluding carboxylic acids is 1. The molecule has 3 nitrogen and oxygen atoms in total. The Kier molecular flexibility index (Phi) is 2.98. The quantitative estimate of drug-likeness (QED) is 0.800. The molecular weight excluding hydrogens is 262 g/mol. The molecule has 1 spiro atoms. The Labute approximate surface area is 126 Å². The molecule has 2 saturated heterocycles. The number of carbonyl (C=O) groups is 1. The van der Waals surface area contributed by atoms with Gasteiger partial charge >= 0.3 is 0 Å². The van der Waals surface area contributed by atoms with Crippen molar-refractivity contribution in [3.8, 4) is 0 Å². The smallest absolute Gasteiger partial charge is 0.140 e. The third kappa shape index (κ3) is 1.91. The molecule has 1 saturated carbocycles. The van der Waals surface area contributed by atoms with Gasteiger partial charge in [0.15, 0.2) is 0 Å². The number of rotatable bonds is 3. The van der Waals surface area contributed by atoms with E-state index in [2.05, 4.69) is 35.2 Å². The molecule has 2 heterocycles. The Hall–Kier alpha value is -1.19. The molecule has 2 aliphatic heterocycles. The molecule has 0 N–H and O–H groups in total. The van der Waals surface area contributed by atoms with Crippen LogP contribution in [-0.2, 0) is 16.1 Å². The first-order valence-corrected chi connectivity index (χ1v) is 8.08. The van der Waals surface area contributed by atoms with E-state index in [0.717, 1.165) is 32.7 Å². The number of hydrogen-bond donors (Lipinski definition) is 0. The summed E-state index contributed by atoms with van der Waals surface area (Å²) in [5.74, 6) is 0.870. The minimum absolute atomic E-state index is 0.107. The van der Waals surface area contributed by atoms with Crippen molar-refractivity contribution in [2.75, 3.05) is 19.7 Å². The second-order valence-corrected chi connectivity index (χ2v) is 7.06. The highest BCUT2D eigenvalue weighted by molar-refractivity contribution is 5.85. The first-order chi connectivity index (χ1) is 10.2. The fourth-order valence-corrected chi connectivity index (χ4v) is 4.83. The number of ketones is 1. The Balaban J connectivity index is 1.61. The lowest BCUT2D eigenvalue weighted by Gasteiger charge is -2.53. The summed E-state index contributed by atoms with van der Waals surface area (Å²) in [5, 5.41) is 0. The van der Waals surface area contributed by atoms with E-state index in [4.69, 9.17) is 4.74 Å². The van der Waals surface area contributed by atoms with Crippen molar-refractivity contribution in [1.82, 2.24) is 4.90 Å². The molecule has 0 aromatic heterocycles. The molecule has 0 amide bonds. The van der Waals surface area contributed by atoms with Crippen LogP contribution in [-0.4, -0.2) is 36.0 Å². The van der Waals surface area contributed by atoms with Gasteiger partial charge in [0.1, 0.15) is 11.4 Å². The van der Waals surface area contributed by atoms with Gasteiger partial charge in [-0.05, 0) is 25.3 Å². The molecule has 112 valence electrons. The molecule has 3 heteroatoms. The van der Waals surface area contributed by atoms with Crippen LogP contribution in [0.15, 0.2) is 30.3 Å². The summed E-state index contributed by atoms with van der Waals surface area (Å²) in [5.41, 5.74) is 0.981. The maximum Gasteiger partial charge on any atom is 0.140 e. The standard InChI is InChI=1S/C18H23NO2/c1-14(20)17-9-5-8-16(18(17)13-21-18)11-19(12-17)10-15-6-3-2-4-7-15/h2-4,6-7,16H,5,8-13H2,1H3. The maximum absolute atomic E-state index is 12.5. The number of piperidine rings is 1. The van der Waals surface area contributed by atoms with Crippen LogP contribution in [0.25, 0.3) is 0 Å². The van der Waals surface area contributed by atoms with Gasteiger partial charge in [-0.3, -0.25) is 9.69 Å². The Morgan fingerprint density at radius 3 is 2.81 bits per heavy atom. The van der Waals surface area contributed by atoms with Gasteiger partial charge in [-0.25, -0.2) is 0 Å². The highest BCUT2D eigenvalue weighted by Gasteiger charge is 2.70. The fourth-order valence-electron chi connectivity index (χ4n) is 4.83. The van der Waals surface area contributed by atoms with Crippen LogP contribution in [0.1, 0.15) is 31.7 Å². The van der Waals surface area contributed by atoms with Crippen molar-refractivity contribution in [3.63, 3.8) is 0 Å². The van der Waals surface area contributed by atoms with E-state index < -0.39 is 0 Å². The van der Waals surface area contributed by atoms with Crippen LogP contribution in [0.2, 0.25) is 0 Å². The van der Waals surface area contributed by atoms with Gasteiger partial charge in [-0.2, -0.15) is 0 Å². The SMILES string of the molecule is CC(=O)C12CCCC(CN(Cc3ccccc3)C1)C21CO1. The Bertz CT molecular complexity index is 552. The highest BCUT2D eigenvalue weighted by Crippen LogP contribution is 2.60. The summed E-state index contributed by atoms with van der Waals surface area (Å²) in [7, 11) is 0. The number of likely N-dealkylation sites (tertiary alicyclic amines) is 1. The molecule has 1 aromatic carbocycles. The molecule has 3 aliphatic rings. The van der Waals surface area contributed by atoms with Gasteiger partial charge in [0.2, 0.25) is 0 Å². The molecule has 1 aromatic rings. The van der Waals surface area contributed by atoms with E-state index in [1.54, 1.807) is 6.92 Å². The zero-order valence-electron chi connectivity index (χ0n) is 12.7. The van der Waals surface area contributed by atoms with Crippen LogP contribution >= 0.6 is 0 Å². The molecule has 4 rings (SSSR count). The Morgan fingerprint density at radius 1 is 1.38 bits per heavy atom. The Morgan fingerprint density at radius 2 is 2.14 bits per heavy atom. The number of nitrogens with zero attached hydrogens (tertiary/aromatic N) is 1. The van der Waals surface area contributed by atoms with Crippen LogP contribution in [0.3, 0.4) is 0 Å². The zero-order valence-corrected chi connectivity index (χ0v) is 12.7. The molecule has 2 bridgehead atoms. The number of epoxide rings is 1. The van der Waals surface area contributed by atoms with E-state index in [9.17, 15) is 4.79 Å². The first kappa shape index (κ1) is 13.5. The van der Waals surface area contributed by atoms with Crippen molar-refractivity contribution in [2.24, 2.45) is 11.3 Å². The van der Waals surface area contributed by atoms with E-state index in [1.807, 2.05) is 0 Å². The monoisotopic (exact) mass is 285 g/mol. The van der Waals surface area contributed by atoms with Gasteiger partial charge in [0.05, 0.1) is 12.0 Å². The van der Waals surface area contributed by atoms with Crippen molar-refractivity contribution >= 4 is 5.78 Å². The highest BCUT2D eigenvalue weighted by atomic mass is 16.6. The third-order valence-electron chi connectivity index (χ3n) is 5.98. The number of ether oxygens (including phenoxy) is 1. The lowest BCUT2D eigenvalue weighted by atomic mass is 9.57. The third-order valence-corrected chi connectivity index (χ3v) is 5.98. The van der Waals surface area contributed by atoms with E-state index in [-0.39, 0.29) is 11.0 Å². The first-order valence-electron chi connectivity index (χ1n) is 8.08. The zero-order chi connectivity index (χ0) is 14.5. The van der Waals surface area contributed by atoms with Crippen molar-refractivity contribution in [2.45, 2.75) is 38.3 Å². The molecule has 1 aliphatic carbocycles. The predicted octanol–water partition coefficient (Wildman–Crippen LogP) is 2.65. The number of benzene rings is 1. The molecular formula is C18H23NO2. The lowest BCUT2D eigenvalue weighted by Crippen LogP contribution is -2.63. The molecule has 21 heavy (non-hydrogen) atoms. The van der Waals surface area contributed by atoms with Gasteiger partial charge in [-0.15, -0.1) is 0 Å². The van der Waals surface area contributed by atoms with Crippen molar-refractivity contribution in [1.29, 1.82) is 0 Å². The van der Waals surface area contributed by atoms with Crippen molar-refractivity contribution < 1.29 is 9.53 Å². The van der Waals surface area contributed by atoms with Gasteiger partial charge in [0.25, 0.3) is 0 Å². The second-order valence-electron chi connectivity index (χ2n) is 7.06. The lowest BCUT2D eigenvalue weighted by molar-refractivity contribution is -0.146. The van der Waals surface area contributed by atoms with Crippen LogP contribution in [0, 0.1) is 11.3 Å². The van der Waals surface area contributed by atoms with Crippen LogP contribution in [0.4, 0.5) is 0 Å². The van der Waals surface area contributed by atoms with E-state index in [0.29, 0.717) is 11.7 Å². The summed E-state index contributed by atoms with van der Waals surface area (Å²) in [4.78, 5) is 15.0. The summed E-state index contributed by atoms with van der Waals surface area (Å²) < 4.78 is 5.92. The average molecular weight is 285 g/mol. The summed E-state index contributed by atoms with van der Waals surface area (Å²) in [6, 6.07) is 10.6. The maximum atomic E-state index is 12.5. The van der Waals surface area contributed by atoms with E-state index >= 15 is 0 Å². The van der Waals surface area contributed by atoms with Crippen LogP contribution in [0.5, 0.6) is 0 Å². The minimum atomic E-state index is -0.247. The van der Waals surface area contributed by atoms with Gasteiger partial charge in [-0.1, -0.05) is 36.8 Å². The topological polar surface area (TPSA) is 32.8 Å². The largest absolute Gasteiger partial charge is 0.368 e. The summed E-state index contributed by atoms with van der Waals surface area (Å²) in [6.45, 7) is 5.47. The second kappa shape index (κ2) is 4.65. The minimum Gasteiger partial charge on any atom is -0.368 e. The normalized spacial score (nSPS) is 38.4. The van der Waals surface area contributed by atoms with E-state index in [1.165, 1.54) is 18.4 Å². The number of hydrogen-bond acceptors (Lipinski definition) is 3. The fraction of sp³-hybridized carbons (Fsp3) is 0.611. The van der Waals surface area contributed by atoms with Gasteiger partial charge < -0.3 is 4.74 Å². The van der Waals surface area contributed by atoms with Crippen LogP contribution < -0.4 is 0 Å². The predicted molar refractivity (Wildman–Crippen MR) is 80.9 cm³/mol. The molecule has 3 unspecified atom stereocenters. The van der Waals surface area contributed by atoms with Crippen molar-refractivity contribution in [3.05, 3.63) is 35.9 Å². The summed E-state index contributed by atoms with van der Waals surface area (Å²) >= 11 is 0. The molecule has 3 atom stereocenters. The summed E-state index contributed by atoms with van der Waals surface area (Å²) in [6.07, 6.45) is 3.39. The average Bonchev–Trinajstić information content (AvgIpc) is 3.23. The number of Topliss-reactive ketones (excluding diaryl/α,β-unsaturated/α-hetero) is 1.